The Balaban J connectivity index is 2.23. The zero-order chi connectivity index (χ0) is 26.9. The number of sulfonamides is 1. The van der Waals surface area contributed by atoms with Crippen LogP contribution in [-0.4, -0.2) is 34.8 Å². The van der Waals surface area contributed by atoms with Gasteiger partial charge in [0.05, 0.1) is 23.1 Å². The second-order valence-electron chi connectivity index (χ2n) is 7.08. The van der Waals surface area contributed by atoms with Crippen LogP contribution in [0.1, 0.15) is 27.2 Å². The van der Waals surface area contributed by atoms with Gasteiger partial charge >= 0.3 is 6.18 Å². The predicted octanol–water partition coefficient (Wildman–Crippen LogP) is 2.09. The lowest BCUT2D eigenvalue weighted by Gasteiger charge is -2.13. The molecule has 0 fully saturated rings. The van der Waals surface area contributed by atoms with Crippen molar-refractivity contribution < 1.29 is 39.5 Å². The van der Waals surface area contributed by atoms with Crippen molar-refractivity contribution in [1.29, 1.82) is 0 Å². The van der Waals surface area contributed by atoms with Crippen LogP contribution in [0.15, 0.2) is 69.4 Å². The quantitative estimate of drug-likeness (QED) is 0.470. The molecule has 14 heteroatoms. The van der Waals surface area contributed by atoms with Gasteiger partial charge in [-0.3, -0.25) is 4.79 Å². The van der Waals surface area contributed by atoms with Gasteiger partial charge < -0.3 is 10.5 Å². The van der Waals surface area contributed by atoms with E-state index >= 15 is 0 Å². The van der Waals surface area contributed by atoms with E-state index in [0.29, 0.717) is 0 Å². The van der Waals surface area contributed by atoms with Gasteiger partial charge in [0.25, 0.3) is 5.91 Å². The van der Waals surface area contributed by atoms with Crippen LogP contribution < -0.4 is 15.6 Å². The van der Waals surface area contributed by atoms with E-state index in [4.69, 9.17) is 15.6 Å². The number of ether oxygens (including phenoxy) is 1. The van der Waals surface area contributed by atoms with E-state index in [0.717, 1.165) is 42.5 Å². The number of carbonyl (C=O) groups excluding carboxylic acids is 1. The van der Waals surface area contributed by atoms with Crippen molar-refractivity contribution in [3.63, 3.8) is 0 Å². The number of pyridine rings is 1. The molecule has 0 saturated carbocycles. The van der Waals surface area contributed by atoms with Crippen LogP contribution in [0.3, 0.4) is 0 Å². The number of hydrogen-bond acceptors (Lipinski definition) is 7. The Labute approximate surface area is 203 Å². The average Bonchev–Trinajstić information content (AvgIpc) is 2.81. The molecule has 1 amide bonds. The van der Waals surface area contributed by atoms with E-state index in [1.165, 1.54) is 19.2 Å². The Bertz CT molecular complexity index is 1620. The maximum Gasteiger partial charge on any atom is 0.416 e. The van der Waals surface area contributed by atoms with Gasteiger partial charge in [0.1, 0.15) is 4.90 Å². The number of benzene rings is 2. The molecule has 0 aliphatic heterocycles. The molecule has 0 aliphatic rings. The number of carbonyl (C=O) groups is 1. The Morgan fingerprint density at radius 2 is 1.56 bits per heavy atom. The van der Waals surface area contributed by atoms with Gasteiger partial charge in [-0.1, -0.05) is 18.1 Å². The summed E-state index contributed by atoms with van der Waals surface area (Å²) < 4.78 is 94.1. The zero-order valence-corrected chi connectivity index (χ0v) is 19.8. The van der Waals surface area contributed by atoms with Gasteiger partial charge in [0.2, 0.25) is 19.9 Å². The average molecular weight is 540 g/mol. The third-order valence-electron chi connectivity index (χ3n) is 4.68. The van der Waals surface area contributed by atoms with Crippen LogP contribution in [0.4, 0.5) is 13.2 Å². The summed E-state index contributed by atoms with van der Waals surface area (Å²) in [5.74, 6) is 3.64. The summed E-state index contributed by atoms with van der Waals surface area (Å²) in [5.41, 5.74) is 3.65. The summed E-state index contributed by atoms with van der Waals surface area (Å²) in [6.45, 7) is 0. The molecule has 0 unspecified atom stereocenters. The summed E-state index contributed by atoms with van der Waals surface area (Å²) in [5, 5.41) is 4.22. The van der Waals surface area contributed by atoms with Gasteiger partial charge in [-0.05, 0) is 48.4 Å². The monoisotopic (exact) mass is 539 g/mol. The van der Waals surface area contributed by atoms with Crippen molar-refractivity contribution >= 4 is 25.8 Å². The fourth-order valence-corrected chi connectivity index (χ4v) is 5.74. The molecule has 1 aromatic heterocycles. The van der Waals surface area contributed by atoms with E-state index in [1.54, 1.807) is 0 Å². The third kappa shape index (κ3) is 5.48. The van der Waals surface area contributed by atoms with Gasteiger partial charge in [-0.25, -0.2) is 27.0 Å². The maximum atomic E-state index is 13.4. The number of halogens is 3. The van der Waals surface area contributed by atoms with Crippen molar-refractivity contribution in [3.05, 3.63) is 77.0 Å². The number of alkyl halides is 3. The first-order valence-electron chi connectivity index (χ1n) is 9.61. The highest BCUT2D eigenvalue weighted by atomic mass is 32.2. The minimum absolute atomic E-state index is 0.134. The summed E-state index contributed by atoms with van der Waals surface area (Å²) in [6.07, 6.45) is -4.54. The number of sulfone groups is 1. The Hall–Kier alpha value is -3.93. The Kier molecular flexibility index (Phi) is 7.12. The maximum absolute atomic E-state index is 13.4. The van der Waals surface area contributed by atoms with Crippen LogP contribution in [-0.2, 0) is 26.0 Å². The standard InChI is InChI=1S/C22H16F3N3O6S2/c1-34-17-12-15(20(26)29)21(35(30,31)18-4-2-3-5-19(18)36(27,32)33)28-16(17)11-8-13-6-9-14(10-7-13)22(23,24)25/h2-7,9-10,12H,1H3,(H2,26,29)(H2,27,32,33). The van der Waals surface area contributed by atoms with Gasteiger partial charge in [0, 0.05) is 5.56 Å². The molecular weight excluding hydrogens is 523 g/mol. The van der Waals surface area contributed by atoms with Crippen molar-refractivity contribution in [2.75, 3.05) is 7.11 Å². The van der Waals surface area contributed by atoms with E-state index in [1.807, 2.05) is 0 Å². The van der Waals surface area contributed by atoms with Crippen LogP contribution >= 0.6 is 0 Å². The second-order valence-corrected chi connectivity index (χ2v) is 10.4. The molecule has 0 atom stereocenters. The highest BCUT2D eigenvalue weighted by molar-refractivity contribution is 7.93. The van der Waals surface area contributed by atoms with Gasteiger partial charge in [-0.2, -0.15) is 13.2 Å². The minimum atomic E-state index is -4.80. The summed E-state index contributed by atoms with van der Waals surface area (Å²) in [7, 11) is -8.12. The molecule has 4 N–H and O–H groups in total. The number of primary sulfonamides is 1. The topological polar surface area (TPSA) is 160 Å². The van der Waals surface area contributed by atoms with Crippen molar-refractivity contribution in [2.24, 2.45) is 10.9 Å². The molecule has 36 heavy (non-hydrogen) atoms. The molecule has 3 aromatic rings. The van der Waals surface area contributed by atoms with E-state index in [2.05, 4.69) is 16.8 Å². The SMILES string of the molecule is COc1cc(C(N)=O)c(S(=O)(=O)c2ccccc2S(N)(=O)=O)nc1C#Cc1ccc(C(F)(F)F)cc1. The molecule has 0 aliphatic carbocycles. The van der Waals surface area contributed by atoms with E-state index < -0.39 is 57.9 Å². The molecule has 1 heterocycles. The number of nitrogens with zero attached hydrogens (tertiary/aromatic N) is 1. The predicted molar refractivity (Wildman–Crippen MR) is 120 cm³/mol. The minimum Gasteiger partial charge on any atom is -0.494 e. The first-order chi connectivity index (χ1) is 16.7. The van der Waals surface area contributed by atoms with E-state index in [-0.39, 0.29) is 17.0 Å². The highest BCUT2D eigenvalue weighted by Crippen LogP contribution is 2.31. The summed E-state index contributed by atoms with van der Waals surface area (Å²) in [4.78, 5) is 14.5. The lowest BCUT2D eigenvalue weighted by atomic mass is 10.1. The number of nitrogens with two attached hydrogens (primary N) is 2. The molecule has 2 aromatic carbocycles. The van der Waals surface area contributed by atoms with Crippen molar-refractivity contribution in [3.8, 4) is 17.6 Å². The largest absolute Gasteiger partial charge is 0.494 e. The first kappa shape index (κ1) is 26.7. The zero-order valence-electron chi connectivity index (χ0n) is 18.2. The number of hydrogen-bond donors (Lipinski definition) is 2. The number of methoxy groups -OCH3 is 1. The third-order valence-corrected chi connectivity index (χ3v) is 7.53. The number of primary amides is 1. The molecule has 3 rings (SSSR count). The second kappa shape index (κ2) is 9.61. The molecule has 188 valence electrons. The lowest BCUT2D eigenvalue weighted by Crippen LogP contribution is -2.21. The van der Waals surface area contributed by atoms with Crippen LogP contribution in [0.2, 0.25) is 0 Å². The first-order valence-corrected chi connectivity index (χ1v) is 12.6. The fraction of sp³-hybridized carbons (Fsp3) is 0.0909. The lowest BCUT2D eigenvalue weighted by molar-refractivity contribution is -0.137. The molecule has 0 spiro atoms. The molecular formula is C22H16F3N3O6S2. The van der Waals surface area contributed by atoms with Gasteiger partial charge in [0.15, 0.2) is 16.5 Å². The van der Waals surface area contributed by atoms with Gasteiger partial charge in [-0.15, -0.1) is 0 Å². The van der Waals surface area contributed by atoms with Crippen LogP contribution in [0.5, 0.6) is 5.75 Å². The van der Waals surface area contributed by atoms with Crippen LogP contribution in [0.25, 0.3) is 0 Å². The Morgan fingerprint density at radius 1 is 0.972 bits per heavy atom. The van der Waals surface area contributed by atoms with E-state index in [9.17, 15) is 34.8 Å². The fourth-order valence-electron chi connectivity index (χ4n) is 2.99. The number of amides is 1. The smallest absolute Gasteiger partial charge is 0.416 e. The van der Waals surface area contributed by atoms with Crippen LogP contribution in [0, 0.1) is 11.8 Å². The normalized spacial score (nSPS) is 11.9. The number of rotatable bonds is 5. The molecule has 9 nitrogen and oxygen atoms in total. The number of aromatic nitrogens is 1. The summed E-state index contributed by atoms with van der Waals surface area (Å²) >= 11 is 0. The molecule has 0 bridgehead atoms. The highest BCUT2D eigenvalue weighted by Gasteiger charge is 2.32. The van der Waals surface area contributed by atoms with Crippen molar-refractivity contribution in [2.45, 2.75) is 21.0 Å². The summed E-state index contributed by atoms with van der Waals surface area (Å²) in [6, 6.07) is 9.17. The Morgan fingerprint density at radius 3 is 2.06 bits per heavy atom. The molecule has 0 radical (unpaired) electrons. The molecule has 0 saturated heterocycles. The van der Waals surface area contributed by atoms with Crippen molar-refractivity contribution in [1.82, 2.24) is 4.98 Å².